The molecule has 3 aromatic rings. The number of hydrogen-bond donors (Lipinski definition) is 1. The molecule has 0 unspecified atom stereocenters. The standard InChI is InChI=1S/C20H19N3O2S/c1-14-5-3-7-16(11-14)21-19(24)13-26-20-10-9-18(22-23-20)15-6-4-8-17(12-15)25-2/h3-12H,13H2,1-2H3,(H,21,24). The third-order valence-corrected chi connectivity index (χ3v) is 4.58. The summed E-state index contributed by atoms with van der Waals surface area (Å²) in [5.41, 5.74) is 3.60. The van der Waals surface area contributed by atoms with E-state index in [0.717, 1.165) is 28.3 Å². The largest absolute Gasteiger partial charge is 0.497 e. The first-order chi connectivity index (χ1) is 12.6. The lowest BCUT2D eigenvalue weighted by molar-refractivity contribution is -0.113. The van der Waals surface area contributed by atoms with Gasteiger partial charge in [-0.2, -0.15) is 0 Å². The number of thioether (sulfide) groups is 1. The zero-order valence-corrected chi connectivity index (χ0v) is 15.4. The van der Waals surface area contributed by atoms with Gasteiger partial charge >= 0.3 is 0 Å². The maximum Gasteiger partial charge on any atom is 0.234 e. The maximum atomic E-state index is 12.1. The number of nitrogens with one attached hydrogen (secondary N) is 1. The van der Waals surface area contributed by atoms with E-state index in [2.05, 4.69) is 15.5 Å². The quantitative estimate of drug-likeness (QED) is 0.664. The van der Waals surface area contributed by atoms with Gasteiger partial charge in [0.2, 0.25) is 5.91 Å². The number of anilines is 1. The highest BCUT2D eigenvalue weighted by molar-refractivity contribution is 7.99. The van der Waals surface area contributed by atoms with E-state index in [0.29, 0.717) is 5.03 Å². The molecule has 132 valence electrons. The molecular formula is C20H19N3O2S. The summed E-state index contributed by atoms with van der Waals surface area (Å²) in [4.78, 5) is 12.1. The lowest BCUT2D eigenvalue weighted by atomic mass is 10.1. The molecular weight excluding hydrogens is 346 g/mol. The first-order valence-corrected chi connectivity index (χ1v) is 9.10. The molecule has 0 radical (unpaired) electrons. The van der Waals surface area contributed by atoms with Gasteiger partial charge in [-0.25, -0.2) is 0 Å². The van der Waals surface area contributed by atoms with Crippen molar-refractivity contribution in [3.8, 4) is 17.0 Å². The van der Waals surface area contributed by atoms with Gasteiger partial charge in [0.15, 0.2) is 0 Å². The van der Waals surface area contributed by atoms with E-state index in [1.54, 1.807) is 7.11 Å². The van der Waals surface area contributed by atoms with Gasteiger partial charge < -0.3 is 10.1 Å². The second kappa shape index (κ2) is 8.49. The molecule has 1 heterocycles. The Bertz CT molecular complexity index is 898. The molecule has 0 atom stereocenters. The second-order valence-corrected chi connectivity index (χ2v) is 6.69. The van der Waals surface area contributed by atoms with Gasteiger partial charge in [-0.05, 0) is 48.9 Å². The fourth-order valence-electron chi connectivity index (χ4n) is 2.39. The van der Waals surface area contributed by atoms with Crippen molar-refractivity contribution < 1.29 is 9.53 Å². The minimum Gasteiger partial charge on any atom is -0.497 e. The minimum absolute atomic E-state index is 0.0701. The van der Waals surface area contributed by atoms with E-state index in [1.165, 1.54) is 11.8 Å². The SMILES string of the molecule is COc1cccc(-c2ccc(SCC(=O)Nc3cccc(C)c3)nn2)c1. The predicted octanol–water partition coefficient (Wildman–Crippen LogP) is 4.19. The molecule has 6 heteroatoms. The van der Waals surface area contributed by atoms with Crippen molar-refractivity contribution in [2.24, 2.45) is 0 Å². The molecule has 3 rings (SSSR count). The summed E-state index contributed by atoms with van der Waals surface area (Å²) in [5.74, 6) is 0.982. The Balaban J connectivity index is 1.58. The summed E-state index contributed by atoms with van der Waals surface area (Å²) in [5, 5.41) is 12.0. The highest BCUT2D eigenvalue weighted by atomic mass is 32.2. The first kappa shape index (κ1) is 17.9. The molecule has 0 aliphatic carbocycles. The third kappa shape index (κ3) is 4.83. The summed E-state index contributed by atoms with van der Waals surface area (Å²) in [6.07, 6.45) is 0. The molecule has 26 heavy (non-hydrogen) atoms. The number of hydrogen-bond acceptors (Lipinski definition) is 5. The lowest BCUT2D eigenvalue weighted by Crippen LogP contribution is -2.14. The zero-order chi connectivity index (χ0) is 18.4. The van der Waals surface area contributed by atoms with Crippen LogP contribution < -0.4 is 10.1 Å². The summed E-state index contributed by atoms with van der Waals surface area (Å²) in [6, 6.07) is 19.1. The zero-order valence-electron chi connectivity index (χ0n) is 14.6. The average Bonchev–Trinajstić information content (AvgIpc) is 2.67. The van der Waals surface area contributed by atoms with Crippen LogP contribution in [0, 0.1) is 6.92 Å². The Morgan fingerprint density at radius 2 is 1.92 bits per heavy atom. The van der Waals surface area contributed by atoms with Crippen LogP contribution in [-0.4, -0.2) is 29.0 Å². The average molecular weight is 365 g/mol. The molecule has 0 aliphatic heterocycles. The molecule has 5 nitrogen and oxygen atoms in total. The van der Waals surface area contributed by atoms with Crippen molar-refractivity contribution in [3.63, 3.8) is 0 Å². The van der Waals surface area contributed by atoms with Crippen LogP contribution in [0.2, 0.25) is 0 Å². The molecule has 1 aromatic heterocycles. The lowest BCUT2D eigenvalue weighted by Gasteiger charge is -2.06. The molecule has 0 spiro atoms. The van der Waals surface area contributed by atoms with Crippen LogP contribution in [0.25, 0.3) is 11.3 Å². The van der Waals surface area contributed by atoms with Crippen molar-refractivity contribution in [1.82, 2.24) is 10.2 Å². The summed E-state index contributed by atoms with van der Waals surface area (Å²) in [6.45, 7) is 1.99. The number of methoxy groups -OCH3 is 1. The van der Waals surface area contributed by atoms with E-state index < -0.39 is 0 Å². The number of nitrogens with zero attached hydrogens (tertiary/aromatic N) is 2. The van der Waals surface area contributed by atoms with Crippen LogP contribution >= 0.6 is 11.8 Å². The van der Waals surface area contributed by atoms with Gasteiger partial charge in [0.25, 0.3) is 0 Å². The number of rotatable bonds is 6. The number of carbonyl (C=O) groups is 1. The number of aromatic nitrogens is 2. The van der Waals surface area contributed by atoms with Gasteiger partial charge in [-0.15, -0.1) is 10.2 Å². The van der Waals surface area contributed by atoms with Gasteiger partial charge in [-0.1, -0.05) is 36.0 Å². The molecule has 0 saturated carbocycles. The van der Waals surface area contributed by atoms with Crippen LogP contribution in [0.5, 0.6) is 5.75 Å². The molecule has 0 saturated heterocycles. The first-order valence-electron chi connectivity index (χ1n) is 8.11. The van der Waals surface area contributed by atoms with Crippen molar-refractivity contribution in [2.45, 2.75) is 11.9 Å². The summed E-state index contributed by atoms with van der Waals surface area (Å²) < 4.78 is 5.22. The summed E-state index contributed by atoms with van der Waals surface area (Å²) in [7, 11) is 1.63. The monoisotopic (exact) mass is 365 g/mol. The number of aryl methyl sites for hydroxylation is 1. The fourth-order valence-corrected chi connectivity index (χ4v) is 3.01. The van der Waals surface area contributed by atoms with Gasteiger partial charge in [-0.3, -0.25) is 4.79 Å². The van der Waals surface area contributed by atoms with E-state index in [1.807, 2.05) is 67.6 Å². The molecule has 0 fully saturated rings. The Morgan fingerprint density at radius 3 is 2.65 bits per heavy atom. The Labute approximate surface area is 156 Å². The van der Waals surface area contributed by atoms with Crippen LogP contribution in [0.1, 0.15) is 5.56 Å². The second-order valence-electron chi connectivity index (χ2n) is 5.70. The van der Waals surface area contributed by atoms with Gasteiger partial charge in [0.1, 0.15) is 10.8 Å². The minimum atomic E-state index is -0.0701. The highest BCUT2D eigenvalue weighted by Crippen LogP contribution is 2.23. The third-order valence-electron chi connectivity index (χ3n) is 3.66. The van der Waals surface area contributed by atoms with E-state index in [4.69, 9.17) is 4.74 Å². The van der Waals surface area contributed by atoms with Crippen molar-refractivity contribution in [3.05, 3.63) is 66.2 Å². The number of ether oxygens (including phenoxy) is 1. The Hall–Kier alpha value is -2.86. The fraction of sp³-hybridized carbons (Fsp3) is 0.150. The van der Waals surface area contributed by atoms with Crippen LogP contribution in [0.3, 0.4) is 0 Å². The van der Waals surface area contributed by atoms with Crippen LogP contribution in [0.4, 0.5) is 5.69 Å². The summed E-state index contributed by atoms with van der Waals surface area (Å²) >= 11 is 1.35. The van der Waals surface area contributed by atoms with E-state index in [9.17, 15) is 4.79 Å². The van der Waals surface area contributed by atoms with Gasteiger partial charge in [0.05, 0.1) is 18.6 Å². The topological polar surface area (TPSA) is 64.1 Å². The number of amides is 1. The predicted molar refractivity (Wildman–Crippen MR) is 105 cm³/mol. The van der Waals surface area contributed by atoms with E-state index in [-0.39, 0.29) is 11.7 Å². The molecule has 0 aliphatic rings. The molecule has 2 aromatic carbocycles. The maximum absolute atomic E-state index is 12.1. The Morgan fingerprint density at radius 1 is 1.08 bits per heavy atom. The smallest absolute Gasteiger partial charge is 0.234 e. The van der Waals surface area contributed by atoms with Crippen LogP contribution in [-0.2, 0) is 4.79 Å². The van der Waals surface area contributed by atoms with E-state index >= 15 is 0 Å². The highest BCUT2D eigenvalue weighted by Gasteiger charge is 2.07. The van der Waals surface area contributed by atoms with Crippen molar-refractivity contribution >= 4 is 23.4 Å². The van der Waals surface area contributed by atoms with Crippen molar-refractivity contribution in [2.75, 3.05) is 18.2 Å². The van der Waals surface area contributed by atoms with Crippen molar-refractivity contribution in [1.29, 1.82) is 0 Å². The van der Waals surface area contributed by atoms with Gasteiger partial charge in [0, 0.05) is 11.3 Å². The normalized spacial score (nSPS) is 10.4. The Kier molecular flexibility index (Phi) is 5.86. The number of carbonyl (C=O) groups excluding carboxylic acids is 1. The molecule has 1 amide bonds. The van der Waals surface area contributed by atoms with Crippen LogP contribution in [0.15, 0.2) is 65.7 Å². The number of benzene rings is 2. The molecule has 1 N–H and O–H groups in total. The molecule has 0 bridgehead atoms.